The lowest BCUT2D eigenvalue weighted by atomic mass is 10.2. The Bertz CT molecular complexity index is 743. The molecule has 0 aromatic carbocycles. The summed E-state index contributed by atoms with van der Waals surface area (Å²) in [7, 11) is 0. The van der Waals surface area contributed by atoms with Crippen LogP contribution in [0.15, 0.2) is 34.4 Å². The first-order valence-electron chi connectivity index (χ1n) is 6.01. The largest absolute Gasteiger partial charge is 0.329 e. The van der Waals surface area contributed by atoms with Gasteiger partial charge in [0.25, 0.3) is 0 Å². The molecular weight excluding hydrogens is 338 g/mol. The van der Waals surface area contributed by atoms with Crippen molar-refractivity contribution in [3.05, 3.63) is 40.1 Å². The third kappa shape index (κ3) is 2.33. The minimum Gasteiger partial charge on any atom is -0.329 e. The van der Waals surface area contributed by atoms with Gasteiger partial charge in [0.15, 0.2) is 5.82 Å². The Morgan fingerprint density at radius 2 is 2.00 bits per heavy atom. The second-order valence-corrected chi connectivity index (χ2v) is 6.01. The van der Waals surface area contributed by atoms with E-state index in [0.717, 1.165) is 25.9 Å². The molecule has 20 heavy (non-hydrogen) atoms. The number of nitrogens with two attached hydrogens (primary N) is 2. The van der Waals surface area contributed by atoms with E-state index in [-0.39, 0.29) is 6.04 Å². The molecule has 0 aliphatic rings. The fourth-order valence-electron chi connectivity index (χ4n) is 1.91. The summed E-state index contributed by atoms with van der Waals surface area (Å²) in [6, 6.07) is 3.45. The minimum absolute atomic E-state index is 0.299. The van der Waals surface area contributed by atoms with Gasteiger partial charge in [0.05, 0.1) is 26.4 Å². The van der Waals surface area contributed by atoms with Crippen LogP contribution in [0.4, 0.5) is 0 Å². The molecule has 0 radical (unpaired) electrons. The smallest absolute Gasteiger partial charge is 0.160 e. The van der Waals surface area contributed by atoms with Crippen molar-refractivity contribution in [1.29, 1.82) is 0 Å². The molecule has 0 spiro atoms. The Kier molecular flexibility index (Phi) is 3.75. The number of hydrogen-bond donors (Lipinski definition) is 2. The number of rotatable bonds is 3. The van der Waals surface area contributed by atoms with E-state index in [9.17, 15) is 0 Å². The number of nitrogens with zero attached hydrogens (tertiary/aromatic N) is 3. The van der Waals surface area contributed by atoms with E-state index in [1.807, 2.05) is 17.5 Å². The number of aromatic nitrogens is 3. The van der Waals surface area contributed by atoms with Crippen molar-refractivity contribution in [2.24, 2.45) is 11.5 Å². The predicted octanol–water partition coefficient (Wildman–Crippen LogP) is 2.47. The summed E-state index contributed by atoms with van der Waals surface area (Å²) in [5.41, 5.74) is 14.3. The number of pyridine rings is 1. The molecule has 4 N–H and O–H groups in total. The van der Waals surface area contributed by atoms with Gasteiger partial charge < -0.3 is 11.5 Å². The van der Waals surface area contributed by atoms with E-state index < -0.39 is 0 Å². The highest BCUT2D eigenvalue weighted by Gasteiger charge is 2.17. The molecule has 0 amide bonds. The molecule has 3 rings (SSSR count). The van der Waals surface area contributed by atoms with Crippen LogP contribution in [0.1, 0.15) is 11.7 Å². The van der Waals surface area contributed by atoms with E-state index in [2.05, 4.69) is 30.9 Å². The van der Waals surface area contributed by atoms with Crippen LogP contribution in [0.25, 0.3) is 21.6 Å². The Balaban J connectivity index is 2.27. The summed E-state index contributed by atoms with van der Waals surface area (Å²) in [6.07, 6.45) is 3.43. The maximum absolute atomic E-state index is 6.08. The lowest BCUT2D eigenvalue weighted by molar-refractivity contribution is 0.718. The highest BCUT2D eigenvalue weighted by molar-refractivity contribution is 9.10. The Morgan fingerprint density at radius 3 is 2.70 bits per heavy atom. The van der Waals surface area contributed by atoms with Crippen LogP contribution in [-0.4, -0.2) is 21.5 Å². The first kappa shape index (κ1) is 13.6. The molecule has 0 aliphatic carbocycles. The summed E-state index contributed by atoms with van der Waals surface area (Å²) in [6.45, 7) is 0.345. The van der Waals surface area contributed by atoms with Crippen molar-refractivity contribution >= 4 is 37.5 Å². The lowest BCUT2D eigenvalue weighted by Crippen LogP contribution is -2.22. The second-order valence-electron chi connectivity index (χ2n) is 4.27. The molecule has 0 fully saturated rings. The molecule has 5 nitrogen and oxygen atoms in total. The first-order valence-corrected chi connectivity index (χ1v) is 7.68. The van der Waals surface area contributed by atoms with Gasteiger partial charge in [-0.05, 0) is 28.1 Å². The maximum Gasteiger partial charge on any atom is 0.160 e. The molecule has 102 valence electrons. The highest BCUT2D eigenvalue weighted by atomic mass is 79.9. The Hall–Kier alpha value is -1.41. The molecule has 3 heterocycles. The molecular formula is C13H12BrN5S. The molecule has 3 aromatic rings. The molecule has 3 aromatic heterocycles. The van der Waals surface area contributed by atoms with Crippen molar-refractivity contribution in [2.75, 3.05) is 6.54 Å². The van der Waals surface area contributed by atoms with Crippen molar-refractivity contribution < 1.29 is 0 Å². The lowest BCUT2D eigenvalue weighted by Gasteiger charge is -2.11. The number of halogens is 1. The number of thiophene rings is 1. The highest BCUT2D eigenvalue weighted by Crippen LogP contribution is 2.34. The molecule has 7 heteroatoms. The second kappa shape index (κ2) is 5.53. The van der Waals surface area contributed by atoms with Gasteiger partial charge in [-0.25, -0.2) is 9.97 Å². The topological polar surface area (TPSA) is 90.7 Å². The third-order valence-corrected chi connectivity index (χ3v) is 4.84. The van der Waals surface area contributed by atoms with Gasteiger partial charge in [-0.1, -0.05) is 0 Å². The van der Waals surface area contributed by atoms with Crippen molar-refractivity contribution in [3.8, 4) is 11.4 Å². The van der Waals surface area contributed by atoms with Crippen molar-refractivity contribution in [3.63, 3.8) is 0 Å². The summed E-state index contributed by atoms with van der Waals surface area (Å²) in [5, 5.41) is 1.99. The van der Waals surface area contributed by atoms with E-state index in [1.165, 1.54) is 0 Å². The fourth-order valence-corrected chi connectivity index (χ4v) is 3.52. The van der Waals surface area contributed by atoms with Crippen LogP contribution in [0.2, 0.25) is 0 Å². The molecule has 0 aliphatic heterocycles. The SMILES string of the molecule is NCC(N)c1nc(-c2ccncc2)nc2c(Br)csc12. The minimum atomic E-state index is -0.299. The quantitative estimate of drug-likeness (QED) is 0.757. The van der Waals surface area contributed by atoms with Crippen molar-refractivity contribution in [1.82, 2.24) is 15.0 Å². The standard InChI is InChI=1S/C13H12BrN5S/c14-8-6-20-12-10(8)18-13(7-1-3-17-4-2-7)19-11(12)9(16)5-15/h1-4,6,9H,5,15-16H2. The van der Waals surface area contributed by atoms with Crippen LogP contribution in [0.3, 0.4) is 0 Å². The number of fused-ring (bicyclic) bond motifs is 1. The average molecular weight is 350 g/mol. The molecule has 0 saturated heterocycles. The van der Waals surface area contributed by atoms with Gasteiger partial charge in [-0.15, -0.1) is 11.3 Å². The summed E-state index contributed by atoms with van der Waals surface area (Å²) in [5.74, 6) is 0.637. The van der Waals surface area contributed by atoms with Crippen LogP contribution in [0, 0.1) is 0 Å². The van der Waals surface area contributed by atoms with E-state index >= 15 is 0 Å². The molecule has 0 bridgehead atoms. The average Bonchev–Trinajstić information content (AvgIpc) is 2.88. The monoisotopic (exact) mass is 349 g/mol. The van der Waals surface area contributed by atoms with Crippen molar-refractivity contribution in [2.45, 2.75) is 6.04 Å². The Morgan fingerprint density at radius 1 is 1.25 bits per heavy atom. The van der Waals surface area contributed by atoms with Crippen LogP contribution >= 0.6 is 27.3 Å². The fraction of sp³-hybridized carbons (Fsp3) is 0.154. The van der Waals surface area contributed by atoms with Gasteiger partial charge in [0, 0.05) is 29.9 Å². The number of hydrogen-bond acceptors (Lipinski definition) is 6. The first-order chi connectivity index (χ1) is 9.70. The van der Waals surface area contributed by atoms with Crippen LogP contribution < -0.4 is 11.5 Å². The molecule has 1 atom stereocenters. The third-order valence-electron chi connectivity index (χ3n) is 2.94. The zero-order valence-electron chi connectivity index (χ0n) is 10.5. The van der Waals surface area contributed by atoms with E-state index in [1.54, 1.807) is 23.7 Å². The summed E-state index contributed by atoms with van der Waals surface area (Å²) >= 11 is 5.08. The predicted molar refractivity (Wildman–Crippen MR) is 84.3 cm³/mol. The molecule has 0 saturated carbocycles. The van der Waals surface area contributed by atoms with Gasteiger partial charge in [-0.2, -0.15) is 0 Å². The van der Waals surface area contributed by atoms with Gasteiger partial charge in [0.2, 0.25) is 0 Å². The zero-order chi connectivity index (χ0) is 14.1. The Labute approximate surface area is 128 Å². The van der Waals surface area contributed by atoms with Crippen LogP contribution in [-0.2, 0) is 0 Å². The van der Waals surface area contributed by atoms with Gasteiger partial charge in [-0.3, -0.25) is 4.98 Å². The van der Waals surface area contributed by atoms with Gasteiger partial charge in [0.1, 0.15) is 0 Å². The summed E-state index contributed by atoms with van der Waals surface area (Å²) < 4.78 is 1.92. The van der Waals surface area contributed by atoms with Crippen LogP contribution in [0.5, 0.6) is 0 Å². The van der Waals surface area contributed by atoms with E-state index in [4.69, 9.17) is 11.5 Å². The molecule has 1 unspecified atom stereocenters. The normalized spacial score (nSPS) is 12.8. The summed E-state index contributed by atoms with van der Waals surface area (Å²) in [4.78, 5) is 13.2. The van der Waals surface area contributed by atoms with E-state index in [0.29, 0.717) is 12.4 Å². The maximum atomic E-state index is 6.08. The van der Waals surface area contributed by atoms with Gasteiger partial charge >= 0.3 is 0 Å². The zero-order valence-corrected chi connectivity index (χ0v) is 12.9.